The number of nitrogens with two attached hydrogens (primary N) is 2. The van der Waals surface area contributed by atoms with Crippen molar-refractivity contribution in [3.05, 3.63) is 18.2 Å². The summed E-state index contributed by atoms with van der Waals surface area (Å²) in [5.74, 6) is -6.98. The quantitative estimate of drug-likeness (QED) is 0.121. The van der Waals surface area contributed by atoms with Gasteiger partial charge >= 0.3 is 11.9 Å². The van der Waals surface area contributed by atoms with E-state index in [0.717, 1.165) is 6.92 Å². The molecule has 1 rings (SSSR count). The van der Waals surface area contributed by atoms with Crippen molar-refractivity contribution in [1.82, 2.24) is 25.9 Å². The van der Waals surface area contributed by atoms with Gasteiger partial charge in [-0.1, -0.05) is 0 Å². The number of nitrogens with zero attached hydrogens (tertiary/aromatic N) is 1. The molecule has 0 spiro atoms. The molecule has 0 aliphatic rings. The second-order valence-corrected chi connectivity index (χ2v) is 7.34. The van der Waals surface area contributed by atoms with E-state index in [1.54, 1.807) is 0 Å². The largest absolute Gasteiger partial charge is 0.481 e. The molecule has 1 aromatic rings. The fourth-order valence-electron chi connectivity index (χ4n) is 2.71. The van der Waals surface area contributed by atoms with Crippen molar-refractivity contribution in [2.75, 3.05) is 0 Å². The summed E-state index contributed by atoms with van der Waals surface area (Å²) in [5, 5.41) is 34.4. The minimum Gasteiger partial charge on any atom is -0.481 e. The third kappa shape index (κ3) is 9.21. The number of aromatic amines is 1. The normalized spacial score (nSPS) is 15.1. The monoisotopic (exact) mass is 485 g/mol. The molecule has 0 bridgehead atoms. The molecule has 0 aliphatic heterocycles. The summed E-state index contributed by atoms with van der Waals surface area (Å²) in [4.78, 5) is 77.2. The first-order valence-corrected chi connectivity index (χ1v) is 9.86. The van der Waals surface area contributed by atoms with Crippen LogP contribution in [0.2, 0.25) is 0 Å². The Hall–Kier alpha value is -4.05. The predicted octanol–water partition coefficient (Wildman–Crippen LogP) is -4.45. The third-order valence-corrected chi connectivity index (χ3v) is 4.43. The van der Waals surface area contributed by atoms with Crippen molar-refractivity contribution in [3.63, 3.8) is 0 Å². The van der Waals surface area contributed by atoms with Crippen molar-refractivity contribution in [1.29, 1.82) is 0 Å². The second kappa shape index (κ2) is 12.9. The maximum Gasteiger partial charge on any atom is 0.326 e. The summed E-state index contributed by atoms with van der Waals surface area (Å²) in [7, 11) is 0. The van der Waals surface area contributed by atoms with Crippen LogP contribution in [0.25, 0.3) is 0 Å². The number of aliphatic carboxylic acids is 2. The third-order valence-electron chi connectivity index (χ3n) is 4.43. The smallest absolute Gasteiger partial charge is 0.326 e. The van der Waals surface area contributed by atoms with E-state index in [9.17, 15) is 39.0 Å². The number of hydrogen-bond donors (Lipinski definition) is 9. The molecule has 188 valence electrons. The molecule has 0 fully saturated rings. The number of carboxylic acids is 2. The minimum absolute atomic E-state index is 0.209. The van der Waals surface area contributed by atoms with E-state index < -0.39 is 78.7 Å². The molecule has 0 aliphatic carbocycles. The molecule has 5 atom stereocenters. The zero-order valence-corrected chi connectivity index (χ0v) is 18.1. The highest BCUT2D eigenvalue weighted by Gasteiger charge is 2.33. The zero-order valence-electron chi connectivity index (χ0n) is 18.1. The number of aliphatic hydroxyl groups is 1. The summed E-state index contributed by atoms with van der Waals surface area (Å²) in [6.45, 7) is 1.16. The van der Waals surface area contributed by atoms with Crippen LogP contribution in [-0.2, 0) is 35.2 Å². The number of aliphatic hydroxyl groups excluding tert-OH is 1. The van der Waals surface area contributed by atoms with E-state index in [1.807, 2.05) is 0 Å². The van der Waals surface area contributed by atoms with E-state index in [4.69, 9.17) is 16.6 Å². The Labute approximate surface area is 192 Å². The Bertz CT molecular complexity index is 904. The Balaban J connectivity index is 3.04. The van der Waals surface area contributed by atoms with Crippen LogP contribution in [0.4, 0.5) is 0 Å². The lowest BCUT2D eigenvalue weighted by atomic mass is 10.1. The number of carbonyl (C=O) groups excluding carboxylic acids is 4. The summed E-state index contributed by atoms with van der Waals surface area (Å²) in [6, 6.07) is -6.26. The van der Waals surface area contributed by atoms with Crippen LogP contribution in [-0.4, -0.2) is 91.1 Å². The lowest BCUT2D eigenvalue weighted by Crippen LogP contribution is -2.60. The van der Waals surface area contributed by atoms with Crippen LogP contribution < -0.4 is 27.4 Å². The van der Waals surface area contributed by atoms with Gasteiger partial charge in [0.15, 0.2) is 0 Å². The molecule has 16 heteroatoms. The molecule has 5 unspecified atom stereocenters. The van der Waals surface area contributed by atoms with Gasteiger partial charge in [0, 0.05) is 18.3 Å². The number of rotatable bonds is 14. The van der Waals surface area contributed by atoms with Gasteiger partial charge in [0.1, 0.15) is 18.1 Å². The number of primary amides is 1. The first-order chi connectivity index (χ1) is 15.8. The second-order valence-electron chi connectivity index (χ2n) is 7.34. The van der Waals surface area contributed by atoms with Gasteiger partial charge in [-0.2, -0.15) is 0 Å². The van der Waals surface area contributed by atoms with E-state index in [1.165, 1.54) is 12.5 Å². The van der Waals surface area contributed by atoms with E-state index in [2.05, 4.69) is 25.9 Å². The maximum absolute atomic E-state index is 12.8. The van der Waals surface area contributed by atoms with Crippen LogP contribution in [0.3, 0.4) is 0 Å². The van der Waals surface area contributed by atoms with Crippen molar-refractivity contribution in [3.8, 4) is 0 Å². The number of H-pyrrole nitrogens is 1. The topological polar surface area (TPSA) is 280 Å². The number of carbonyl (C=O) groups is 6. The molecule has 0 saturated heterocycles. The highest BCUT2D eigenvalue weighted by Crippen LogP contribution is 2.04. The molecule has 4 amide bonds. The number of imidazole rings is 1. The van der Waals surface area contributed by atoms with E-state index in [-0.39, 0.29) is 6.42 Å². The van der Waals surface area contributed by atoms with Crippen molar-refractivity contribution < 1.29 is 44.1 Å². The molecule has 0 radical (unpaired) electrons. The number of carboxylic acid groups (broad SMARTS) is 2. The first-order valence-electron chi connectivity index (χ1n) is 9.86. The molecular formula is C18H27N7O9. The summed E-state index contributed by atoms with van der Waals surface area (Å²) >= 11 is 0. The van der Waals surface area contributed by atoms with Gasteiger partial charge in [-0.15, -0.1) is 0 Å². The van der Waals surface area contributed by atoms with E-state index in [0.29, 0.717) is 5.69 Å². The molecule has 16 nitrogen and oxygen atoms in total. The molecule has 1 heterocycles. The summed E-state index contributed by atoms with van der Waals surface area (Å²) < 4.78 is 0. The van der Waals surface area contributed by atoms with Gasteiger partial charge in [0.05, 0.1) is 31.3 Å². The van der Waals surface area contributed by atoms with Crippen LogP contribution in [0.1, 0.15) is 25.5 Å². The van der Waals surface area contributed by atoms with Crippen LogP contribution in [0.5, 0.6) is 0 Å². The average Bonchev–Trinajstić information content (AvgIpc) is 3.22. The highest BCUT2D eigenvalue weighted by atomic mass is 16.4. The molecule has 1 aromatic heterocycles. The fraction of sp³-hybridized carbons (Fsp3) is 0.500. The van der Waals surface area contributed by atoms with Crippen LogP contribution in [0.15, 0.2) is 12.5 Å². The summed E-state index contributed by atoms with van der Waals surface area (Å²) in [6.07, 6.45) is -0.510. The number of amides is 4. The standard InChI is InChI=1S/C18H27N7O9/c1-7(26)14(25-15(30)9(19)3-13(28)29)17(32)23-10(2-8-5-21-6-22-8)16(31)24-11(18(33)34)4-12(20)27/h5-7,9-11,14,26H,2-4,19H2,1H3,(H2,20,27)(H,21,22)(H,23,32)(H,24,31)(H,25,30)(H,28,29)(H,33,34). The molecule has 0 saturated carbocycles. The van der Waals surface area contributed by atoms with Gasteiger partial charge < -0.3 is 47.7 Å². The molecule has 11 N–H and O–H groups in total. The highest BCUT2D eigenvalue weighted by molar-refractivity contribution is 5.95. The van der Waals surface area contributed by atoms with Crippen molar-refractivity contribution >= 4 is 35.6 Å². The Morgan fingerprint density at radius 3 is 2.09 bits per heavy atom. The lowest BCUT2D eigenvalue weighted by Gasteiger charge is -2.26. The van der Waals surface area contributed by atoms with Crippen LogP contribution >= 0.6 is 0 Å². The summed E-state index contributed by atoms with van der Waals surface area (Å²) in [5.41, 5.74) is 10.8. The Morgan fingerprint density at radius 2 is 1.62 bits per heavy atom. The molecular weight excluding hydrogens is 458 g/mol. The van der Waals surface area contributed by atoms with Crippen molar-refractivity contribution in [2.45, 2.75) is 56.5 Å². The van der Waals surface area contributed by atoms with Gasteiger partial charge in [-0.05, 0) is 6.92 Å². The Kier molecular flexibility index (Phi) is 10.6. The lowest BCUT2D eigenvalue weighted by molar-refractivity contribution is -0.143. The van der Waals surface area contributed by atoms with E-state index >= 15 is 0 Å². The minimum atomic E-state index is -1.67. The Morgan fingerprint density at radius 1 is 1.00 bits per heavy atom. The number of nitrogens with one attached hydrogen (secondary N) is 4. The number of aromatic nitrogens is 2. The fourth-order valence-corrected chi connectivity index (χ4v) is 2.71. The van der Waals surface area contributed by atoms with Gasteiger partial charge in [-0.3, -0.25) is 24.0 Å². The van der Waals surface area contributed by atoms with Gasteiger partial charge in [0.2, 0.25) is 23.6 Å². The van der Waals surface area contributed by atoms with Gasteiger partial charge in [0.25, 0.3) is 0 Å². The molecule has 34 heavy (non-hydrogen) atoms. The number of hydrogen-bond acceptors (Lipinski definition) is 9. The molecule has 0 aromatic carbocycles. The first kappa shape index (κ1) is 28.0. The average molecular weight is 485 g/mol. The SMILES string of the molecule is CC(O)C(NC(=O)C(N)CC(=O)O)C(=O)NC(Cc1cnc[nH]1)C(=O)NC(CC(N)=O)C(=O)O. The predicted molar refractivity (Wildman–Crippen MR) is 111 cm³/mol. The zero-order chi connectivity index (χ0) is 26.0. The van der Waals surface area contributed by atoms with Crippen molar-refractivity contribution in [2.24, 2.45) is 11.5 Å². The van der Waals surface area contributed by atoms with Gasteiger partial charge in [-0.25, -0.2) is 9.78 Å². The maximum atomic E-state index is 12.8. The van der Waals surface area contributed by atoms with Crippen LogP contribution in [0, 0.1) is 0 Å².